The number of aromatic nitrogens is 4. The fraction of sp³-hybridized carbons (Fsp3) is 0.276. The van der Waals surface area contributed by atoms with Gasteiger partial charge in [-0.05, 0) is 60.7 Å². The molecule has 5 rings (SSSR count). The third-order valence-corrected chi connectivity index (χ3v) is 6.70. The first-order valence-corrected chi connectivity index (χ1v) is 12.8. The monoisotopic (exact) mass is 527 g/mol. The Kier molecular flexibility index (Phi) is 7.21. The highest BCUT2D eigenvalue weighted by Gasteiger charge is 2.33. The first kappa shape index (κ1) is 26.2. The molecule has 4 N–H and O–H groups in total. The number of nitrogens with two attached hydrogens (primary N) is 1. The molecule has 2 heterocycles. The Labute approximate surface area is 225 Å². The van der Waals surface area contributed by atoms with Crippen LogP contribution in [0.15, 0.2) is 66.7 Å². The zero-order valence-corrected chi connectivity index (χ0v) is 21.8. The van der Waals surface area contributed by atoms with E-state index < -0.39 is 11.6 Å². The summed E-state index contributed by atoms with van der Waals surface area (Å²) < 4.78 is 14.8. The SMILES string of the molecule is CC(C)(N)CC(=O)N[C@@H]1CCc2c(F)cccc2N(Cc2ccc(-c3ccccc3-c3nn[nH]n3)cc2)C1=O. The highest BCUT2D eigenvalue weighted by atomic mass is 19.1. The maximum Gasteiger partial charge on any atom is 0.249 e. The molecule has 0 spiro atoms. The molecular formula is C29H30FN7O2. The Bertz CT molecular complexity index is 1480. The van der Waals surface area contributed by atoms with Crippen LogP contribution in [-0.4, -0.2) is 44.0 Å². The number of hydrogen-bond donors (Lipinski definition) is 3. The van der Waals surface area contributed by atoms with Crippen LogP contribution in [0, 0.1) is 5.82 Å². The van der Waals surface area contributed by atoms with Crippen LogP contribution < -0.4 is 16.0 Å². The van der Waals surface area contributed by atoms with Gasteiger partial charge in [-0.3, -0.25) is 9.59 Å². The summed E-state index contributed by atoms with van der Waals surface area (Å²) in [7, 11) is 0. The van der Waals surface area contributed by atoms with Gasteiger partial charge in [0.2, 0.25) is 17.6 Å². The zero-order valence-electron chi connectivity index (χ0n) is 21.8. The van der Waals surface area contributed by atoms with Crippen LogP contribution >= 0.6 is 0 Å². The molecule has 0 fully saturated rings. The Morgan fingerprint density at radius 1 is 1.10 bits per heavy atom. The largest absolute Gasteiger partial charge is 0.344 e. The second kappa shape index (κ2) is 10.7. The summed E-state index contributed by atoms with van der Waals surface area (Å²) in [5.74, 6) is -0.464. The lowest BCUT2D eigenvalue weighted by Crippen LogP contribution is -2.49. The normalized spacial score (nSPS) is 15.5. The molecule has 9 nitrogen and oxygen atoms in total. The minimum absolute atomic E-state index is 0.0743. The molecule has 0 unspecified atom stereocenters. The van der Waals surface area contributed by atoms with E-state index in [-0.39, 0.29) is 30.6 Å². The lowest BCUT2D eigenvalue weighted by molar-refractivity contribution is -0.128. The summed E-state index contributed by atoms with van der Waals surface area (Å²) in [6.45, 7) is 3.73. The number of rotatable bonds is 7. The Morgan fingerprint density at radius 3 is 2.54 bits per heavy atom. The smallest absolute Gasteiger partial charge is 0.249 e. The maximum absolute atomic E-state index is 14.8. The number of halogens is 1. The predicted octanol–water partition coefficient (Wildman–Crippen LogP) is 3.76. The van der Waals surface area contributed by atoms with Gasteiger partial charge in [0.1, 0.15) is 11.9 Å². The number of hydrogen-bond acceptors (Lipinski definition) is 6. The molecule has 0 bridgehead atoms. The van der Waals surface area contributed by atoms with Crippen LogP contribution in [-0.2, 0) is 22.6 Å². The molecule has 1 aliphatic heterocycles. The van der Waals surface area contributed by atoms with Crippen LogP contribution in [0.1, 0.15) is 37.8 Å². The lowest BCUT2D eigenvalue weighted by atomic mass is 9.98. The average Bonchev–Trinajstić information content (AvgIpc) is 3.40. The van der Waals surface area contributed by atoms with E-state index in [2.05, 4.69) is 25.9 Å². The van der Waals surface area contributed by atoms with Gasteiger partial charge in [0.25, 0.3) is 0 Å². The van der Waals surface area contributed by atoms with Gasteiger partial charge in [-0.2, -0.15) is 5.21 Å². The third-order valence-electron chi connectivity index (χ3n) is 6.70. The van der Waals surface area contributed by atoms with Crippen molar-refractivity contribution in [2.75, 3.05) is 4.90 Å². The molecule has 1 aromatic heterocycles. The number of nitrogens with one attached hydrogen (secondary N) is 2. The molecule has 3 aromatic carbocycles. The third kappa shape index (κ3) is 5.85. The van der Waals surface area contributed by atoms with Crippen molar-refractivity contribution in [1.29, 1.82) is 0 Å². The van der Waals surface area contributed by atoms with Crippen molar-refractivity contribution in [1.82, 2.24) is 25.9 Å². The van der Waals surface area contributed by atoms with Crippen molar-refractivity contribution in [2.45, 2.75) is 51.2 Å². The van der Waals surface area contributed by atoms with Gasteiger partial charge in [-0.25, -0.2) is 4.39 Å². The molecule has 1 atom stereocenters. The van der Waals surface area contributed by atoms with Crippen molar-refractivity contribution in [3.8, 4) is 22.5 Å². The predicted molar refractivity (Wildman–Crippen MR) is 146 cm³/mol. The highest BCUT2D eigenvalue weighted by molar-refractivity contribution is 6.00. The summed E-state index contributed by atoms with van der Waals surface area (Å²) in [4.78, 5) is 27.9. The minimum Gasteiger partial charge on any atom is -0.344 e. The van der Waals surface area contributed by atoms with Gasteiger partial charge in [-0.1, -0.05) is 54.6 Å². The quantitative estimate of drug-likeness (QED) is 0.336. The number of aromatic amines is 1. The molecule has 0 saturated carbocycles. The Balaban J connectivity index is 1.42. The summed E-state index contributed by atoms with van der Waals surface area (Å²) >= 11 is 0. The van der Waals surface area contributed by atoms with Gasteiger partial charge in [0.15, 0.2) is 0 Å². The number of benzene rings is 3. The first-order valence-electron chi connectivity index (χ1n) is 12.8. The van der Waals surface area contributed by atoms with E-state index in [4.69, 9.17) is 5.73 Å². The number of nitrogens with zero attached hydrogens (tertiary/aromatic N) is 4. The van der Waals surface area contributed by atoms with E-state index in [1.165, 1.54) is 6.07 Å². The zero-order chi connectivity index (χ0) is 27.6. The van der Waals surface area contributed by atoms with Crippen molar-refractivity contribution in [3.05, 3.63) is 83.7 Å². The van der Waals surface area contributed by atoms with Gasteiger partial charge in [0, 0.05) is 23.1 Å². The van der Waals surface area contributed by atoms with Gasteiger partial charge >= 0.3 is 0 Å². The van der Waals surface area contributed by atoms with Crippen molar-refractivity contribution in [2.24, 2.45) is 5.73 Å². The molecule has 0 saturated heterocycles. The lowest BCUT2D eigenvalue weighted by Gasteiger charge is -2.27. The van der Waals surface area contributed by atoms with Crippen LogP contribution in [0.25, 0.3) is 22.5 Å². The van der Waals surface area contributed by atoms with E-state index >= 15 is 0 Å². The van der Waals surface area contributed by atoms with Crippen LogP contribution in [0.5, 0.6) is 0 Å². The Hall–Kier alpha value is -4.44. The molecule has 4 aromatic rings. The van der Waals surface area contributed by atoms with E-state index in [0.717, 1.165) is 22.3 Å². The second-order valence-electron chi connectivity index (χ2n) is 10.5. The fourth-order valence-corrected chi connectivity index (χ4v) is 4.90. The van der Waals surface area contributed by atoms with Crippen molar-refractivity contribution in [3.63, 3.8) is 0 Å². The molecule has 39 heavy (non-hydrogen) atoms. The van der Waals surface area contributed by atoms with Crippen LogP contribution in [0.4, 0.5) is 10.1 Å². The van der Waals surface area contributed by atoms with Crippen molar-refractivity contribution < 1.29 is 14.0 Å². The van der Waals surface area contributed by atoms with Gasteiger partial charge in [0.05, 0.1) is 12.2 Å². The van der Waals surface area contributed by atoms with Crippen LogP contribution in [0.3, 0.4) is 0 Å². The molecule has 10 heteroatoms. The van der Waals surface area contributed by atoms with E-state index in [0.29, 0.717) is 29.9 Å². The number of carbonyl (C=O) groups excluding carboxylic acids is 2. The maximum atomic E-state index is 14.8. The number of carbonyl (C=O) groups is 2. The fourth-order valence-electron chi connectivity index (χ4n) is 4.90. The number of anilines is 1. The van der Waals surface area contributed by atoms with E-state index in [1.54, 1.807) is 30.9 Å². The molecule has 200 valence electrons. The summed E-state index contributed by atoms with van der Waals surface area (Å²) in [5.41, 5.74) is 9.85. The van der Waals surface area contributed by atoms with E-state index in [1.807, 2.05) is 48.5 Å². The molecule has 2 amide bonds. The highest BCUT2D eigenvalue weighted by Crippen LogP contribution is 2.32. The second-order valence-corrected chi connectivity index (χ2v) is 10.5. The number of amides is 2. The number of H-pyrrole nitrogens is 1. The molecule has 0 aliphatic carbocycles. The molecular weight excluding hydrogens is 497 g/mol. The van der Waals surface area contributed by atoms with Gasteiger partial charge < -0.3 is 16.0 Å². The first-order chi connectivity index (χ1) is 18.7. The molecule has 1 aliphatic rings. The summed E-state index contributed by atoms with van der Waals surface area (Å²) in [6.07, 6.45) is 0.698. The average molecular weight is 528 g/mol. The van der Waals surface area contributed by atoms with E-state index in [9.17, 15) is 14.0 Å². The topological polar surface area (TPSA) is 130 Å². The minimum atomic E-state index is -0.784. The summed E-state index contributed by atoms with van der Waals surface area (Å²) in [5, 5.41) is 17.2. The summed E-state index contributed by atoms with van der Waals surface area (Å²) in [6, 6.07) is 19.5. The van der Waals surface area contributed by atoms with Crippen molar-refractivity contribution >= 4 is 17.5 Å². The number of fused-ring (bicyclic) bond motifs is 1. The number of tetrazole rings is 1. The standard InChI is InChI=1S/C29H30FN7O2/c1-29(2,31)16-26(38)32-24-15-14-22-23(30)8-5-9-25(22)37(28(24)39)17-18-10-12-19(13-11-18)20-6-3-4-7-21(20)27-33-35-36-34-27/h3-13,24H,14-17,31H2,1-2H3,(H,32,38)(H,33,34,35,36)/t24-/m1/s1. The Morgan fingerprint density at radius 2 is 1.85 bits per heavy atom. The molecule has 0 radical (unpaired) electrons. The van der Waals surface area contributed by atoms with Gasteiger partial charge in [-0.15, -0.1) is 10.2 Å². The van der Waals surface area contributed by atoms with Crippen LogP contribution in [0.2, 0.25) is 0 Å².